The molecule has 0 heteroatoms. The molecular formula is C9H18. The van der Waals surface area contributed by atoms with E-state index in [1.54, 1.807) is 6.08 Å². The van der Waals surface area contributed by atoms with Crippen LogP contribution in [0.4, 0.5) is 0 Å². The zero-order valence-electron chi connectivity index (χ0n) is 7.40. The lowest BCUT2D eigenvalue weighted by Gasteiger charge is -1.94. The van der Waals surface area contributed by atoms with Gasteiger partial charge in [-0.3, -0.25) is 0 Å². The Labute approximate surface area is 60.4 Å². The van der Waals surface area contributed by atoms with Crippen LogP contribution in [0, 0.1) is 0 Å². The van der Waals surface area contributed by atoms with Crippen molar-refractivity contribution in [2.45, 2.75) is 45.4 Å². The van der Waals surface area contributed by atoms with E-state index in [0.717, 1.165) is 6.42 Å². The van der Waals surface area contributed by atoms with Crippen LogP contribution in [0.2, 0.25) is 0 Å². The van der Waals surface area contributed by atoms with Gasteiger partial charge in [0, 0.05) is 1.37 Å². The van der Waals surface area contributed by atoms with Crippen molar-refractivity contribution in [2.24, 2.45) is 0 Å². The highest BCUT2D eigenvalue weighted by Crippen LogP contribution is 2.04. The minimum absolute atomic E-state index is 0.0307. The van der Waals surface area contributed by atoms with Crippen LogP contribution in [-0.2, 0) is 0 Å². The molecule has 9 heavy (non-hydrogen) atoms. The van der Waals surface area contributed by atoms with Crippen molar-refractivity contribution < 1.29 is 1.37 Å². The quantitative estimate of drug-likeness (QED) is 0.378. The van der Waals surface area contributed by atoms with Crippen LogP contribution in [-0.4, -0.2) is 0 Å². The molecule has 0 aliphatic rings. The van der Waals surface area contributed by atoms with Gasteiger partial charge in [-0.25, -0.2) is 0 Å². The topological polar surface area (TPSA) is 0 Å². The highest BCUT2D eigenvalue weighted by atomic mass is 13.9. The second-order valence-corrected chi connectivity index (χ2v) is 2.32. The summed E-state index contributed by atoms with van der Waals surface area (Å²) in [6.45, 7) is 5.77. The van der Waals surface area contributed by atoms with Crippen LogP contribution in [0.3, 0.4) is 0 Å². The molecule has 0 saturated heterocycles. The van der Waals surface area contributed by atoms with Gasteiger partial charge in [0.25, 0.3) is 0 Å². The van der Waals surface area contributed by atoms with E-state index in [2.05, 4.69) is 13.5 Å². The molecule has 0 rings (SSSR count). The maximum Gasteiger partial charge on any atom is 0.0310 e. The van der Waals surface area contributed by atoms with Gasteiger partial charge in [0.1, 0.15) is 0 Å². The Hall–Kier alpha value is -0.260. The first-order valence-electron chi connectivity index (χ1n) is 4.43. The molecular weight excluding hydrogens is 108 g/mol. The first-order valence-corrected chi connectivity index (χ1v) is 3.86. The van der Waals surface area contributed by atoms with Crippen LogP contribution in [0.15, 0.2) is 12.7 Å². The lowest BCUT2D eigenvalue weighted by molar-refractivity contribution is 0.638. The molecule has 0 aromatic carbocycles. The van der Waals surface area contributed by atoms with Crippen LogP contribution >= 0.6 is 0 Å². The van der Waals surface area contributed by atoms with E-state index in [1.807, 2.05) is 0 Å². The molecule has 1 unspecified atom stereocenters. The van der Waals surface area contributed by atoms with Gasteiger partial charge in [0.2, 0.25) is 0 Å². The molecule has 0 N–H and O–H groups in total. The van der Waals surface area contributed by atoms with Crippen molar-refractivity contribution in [2.75, 3.05) is 0 Å². The lowest BCUT2D eigenvalue weighted by Crippen LogP contribution is -1.74. The Balaban J connectivity index is 2.95. The normalized spacial score (nSPS) is 14.6. The summed E-state index contributed by atoms with van der Waals surface area (Å²) < 4.78 is 7.34. The lowest BCUT2D eigenvalue weighted by atomic mass is 10.1. The largest absolute Gasteiger partial charge is 0.103 e. The van der Waals surface area contributed by atoms with Gasteiger partial charge in [-0.1, -0.05) is 38.7 Å². The maximum atomic E-state index is 7.34. The van der Waals surface area contributed by atoms with Gasteiger partial charge in [-0.2, -0.15) is 0 Å². The molecule has 0 amide bonds. The zero-order valence-corrected chi connectivity index (χ0v) is 6.40. The molecule has 0 aromatic rings. The SMILES string of the molecule is [2H]C(C=C)CCCCCC. The number of rotatable bonds is 6. The van der Waals surface area contributed by atoms with Crippen LogP contribution in [0.5, 0.6) is 0 Å². The van der Waals surface area contributed by atoms with Crippen LogP contribution < -0.4 is 0 Å². The fourth-order valence-electron chi connectivity index (χ4n) is 0.807. The highest BCUT2D eigenvalue weighted by molar-refractivity contribution is 4.65. The summed E-state index contributed by atoms with van der Waals surface area (Å²) in [5, 5.41) is 0. The predicted molar refractivity (Wildman–Crippen MR) is 43.6 cm³/mol. The van der Waals surface area contributed by atoms with Crippen molar-refractivity contribution in [1.29, 1.82) is 0 Å². The zero-order chi connectivity index (χ0) is 7.82. The maximum absolute atomic E-state index is 7.34. The van der Waals surface area contributed by atoms with Crippen molar-refractivity contribution in [3.05, 3.63) is 12.7 Å². The average molecular weight is 127 g/mol. The smallest absolute Gasteiger partial charge is 0.0310 e. The van der Waals surface area contributed by atoms with E-state index in [9.17, 15) is 0 Å². The first kappa shape index (κ1) is 6.85. The standard InChI is InChI=1S/C9H18/c1-3-5-7-9-8-6-4-2/h3H,1,4-9H2,2H3/i5D. The van der Waals surface area contributed by atoms with Gasteiger partial charge in [-0.05, 0) is 12.8 Å². The number of hydrogen-bond acceptors (Lipinski definition) is 0. The van der Waals surface area contributed by atoms with Crippen LogP contribution in [0.25, 0.3) is 0 Å². The molecule has 0 nitrogen and oxygen atoms in total. The summed E-state index contributed by atoms with van der Waals surface area (Å²) in [5.41, 5.74) is 0. The van der Waals surface area contributed by atoms with E-state index < -0.39 is 0 Å². The number of unbranched alkanes of at least 4 members (excludes halogenated alkanes) is 3. The Morgan fingerprint density at radius 2 is 2.00 bits per heavy atom. The Kier molecular flexibility index (Phi) is 5.89. The van der Waals surface area contributed by atoms with Crippen molar-refractivity contribution in [3.63, 3.8) is 0 Å². The third-order valence-electron chi connectivity index (χ3n) is 1.39. The van der Waals surface area contributed by atoms with E-state index in [0.29, 0.717) is 0 Å². The van der Waals surface area contributed by atoms with E-state index in [-0.39, 0.29) is 6.40 Å². The van der Waals surface area contributed by atoms with Crippen molar-refractivity contribution in [3.8, 4) is 0 Å². The number of allylic oxidation sites excluding steroid dienone is 1. The Bertz CT molecular complexity index is 78.8. The molecule has 0 aliphatic heterocycles. The summed E-state index contributed by atoms with van der Waals surface area (Å²) in [4.78, 5) is 0. The Morgan fingerprint density at radius 3 is 2.56 bits per heavy atom. The molecule has 0 radical (unpaired) electrons. The molecule has 0 aliphatic carbocycles. The monoisotopic (exact) mass is 127 g/mol. The number of hydrogen-bond donors (Lipinski definition) is 0. The van der Waals surface area contributed by atoms with Crippen LogP contribution in [0.1, 0.15) is 46.8 Å². The van der Waals surface area contributed by atoms with Gasteiger partial charge in [-0.15, -0.1) is 6.58 Å². The molecule has 1 atom stereocenters. The van der Waals surface area contributed by atoms with Gasteiger partial charge >= 0.3 is 0 Å². The molecule has 0 fully saturated rings. The van der Waals surface area contributed by atoms with Crippen molar-refractivity contribution >= 4 is 0 Å². The second kappa shape index (κ2) is 7.74. The summed E-state index contributed by atoms with van der Waals surface area (Å²) in [5.74, 6) is 0. The third kappa shape index (κ3) is 7.74. The van der Waals surface area contributed by atoms with E-state index in [1.165, 1.54) is 25.7 Å². The fourth-order valence-corrected chi connectivity index (χ4v) is 0.807. The summed E-state index contributed by atoms with van der Waals surface area (Å²) in [6, 6.07) is 0. The fraction of sp³-hybridized carbons (Fsp3) is 0.778. The minimum Gasteiger partial charge on any atom is -0.103 e. The van der Waals surface area contributed by atoms with Gasteiger partial charge in [0.15, 0.2) is 0 Å². The van der Waals surface area contributed by atoms with E-state index in [4.69, 9.17) is 1.37 Å². The predicted octanol–water partition coefficient (Wildman–Crippen LogP) is 3.53. The molecule has 0 heterocycles. The molecule has 0 bridgehead atoms. The third-order valence-corrected chi connectivity index (χ3v) is 1.39. The van der Waals surface area contributed by atoms with Gasteiger partial charge in [0.05, 0.1) is 0 Å². The highest BCUT2D eigenvalue weighted by Gasteiger charge is 1.84. The Morgan fingerprint density at radius 1 is 1.33 bits per heavy atom. The van der Waals surface area contributed by atoms with Gasteiger partial charge < -0.3 is 0 Å². The molecule has 0 saturated carbocycles. The van der Waals surface area contributed by atoms with Crippen molar-refractivity contribution in [1.82, 2.24) is 0 Å². The first-order chi connectivity index (χ1) is 4.81. The molecule has 0 aromatic heterocycles. The molecule has 54 valence electrons. The summed E-state index contributed by atoms with van der Waals surface area (Å²) in [7, 11) is 0. The molecule has 0 spiro atoms. The van der Waals surface area contributed by atoms with E-state index >= 15 is 0 Å². The summed E-state index contributed by atoms with van der Waals surface area (Å²) >= 11 is 0. The second-order valence-electron chi connectivity index (χ2n) is 2.32. The summed E-state index contributed by atoms with van der Waals surface area (Å²) in [6.07, 6.45) is 7.72. The minimum atomic E-state index is -0.0307. The average Bonchev–Trinajstić information content (AvgIpc) is 1.98.